The zero-order valence-electron chi connectivity index (χ0n) is 9.40. The van der Waals surface area contributed by atoms with Gasteiger partial charge in [-0.15, -0.1) is 0 Å². The lowest BCUT2D eigenvalue weighted by atomic mass is 10.2. The molecule has 3 N–H and O–H groups in total. The van der Waals surface area contributed by atoms with E-state index >= 15 is 0 Å². The van der Waals surface area contributed by atoms with Crippen molar-refractivity contribution in [2.75, 3.05) is 13.2 Å². The molecule has 2 rings (SSSR count). The van der Waals surface area contributed by atoms with Crippen LogP contribution in [0.15, 0.2) is 40.8 Å². The van der Waals surface area contributed by atoms with Gasteiger partial charge in [0.15, 0.2) is 5.76 Å². The van der Waals surface area contributed by atoms with E-state index < -0.39 is 0 Å². The van der Waals surface area contributed by atoms with Gasteiger partial charge < -0.3 is 14.8 Å². The molecule has 4 heteroatoms. The van der Waals surface area contributed by atoms with E-state index in [1.807, 2.05) is 41.7 Å². The fourth-order valence-corrected chi connectivity index (χ4v) is 1.81. The molecule has 1 aromatic heterocycles. The number of halogens is 1. The summed E-state index contributed by atoms with van der Waals surface area (Å²) < 4.78 is 5.70. The highest BCUT2D eigenvalue weighted by Crippen LogP contribution is 2.24. The molecule has 0 unspecified atom stereocenters. The minimum Gasteiger partial charge on any atom is -0.455 e. The Balaban J connectivity index is 2.07. The number of rotatable bonds is 5. The number of nitrogens with two attached hydrogens (primary N) is 1. The van der Waals surface area contributed by atoms with Gasteiger partial charge in [0.25, 0.3) is 0 Å². The van der Waals surface area contributed by atoms with Crippen LogP contribution in [0, 0.1) is 0 Å². The molecule has 90 valence electrons. The zero-order valence-corrected chi connectivity index (χ0v) is 10.2. The van der Waals surface area contributed by atoms with Crippen LogP contribution >= 0.6 is 11.6 Å². The Morgan fingerprint density at radius 1 is 1.24 bits per heavy atom. The molecule has 0 saturated heterocycles. The molecule has 0 atom stereocenters. The van der Waals surface area contributed by atoms with Gasteiger partial charge in [0, 0.05) is 10.6 Å². The van der Waals surface area contributed by atoms with Gasteiger partial charge >= 0.3 is 0 Å². The smallest absolute Gasteiger partial charge is 0.158 e. The summed E-state index contributed by atoms with van der Waals surface area (Å²) in [6.07, 6.45) is 0. The predicted molar refractivity (Wildman–Crippen MR) is 66.7 cm³/mol. The lowest BCUT2D eigenvalue weighted by Gasteiger charge is -1.98. The van der Waals surface area contributed by atoms with Crippen molar-refractivity contribution in [1.82, 2.24) is 0 Å². The van der Waals surface area contributed by atoms with E-state index in [1.165, 1.54) is 0 Å². The minimum atomic E-state index is 0.182. The highest BCUT2D eigenvalue weighted by molar-refractivity contribution is 6.30. The van der Waals surface area contributed by atoms with Crippen LogP contribution in [-0.4, -0.2) is 18.3 Å². The number of benzene rings is 1. The van der Waals surface area contributed by atoms with Gasteiger partial charge in [-0.1, -0.05) is 23.7 Å². The summed E-state index contributed by atoms with van der Waals surface area (Å²) >= 11 is 5.93. The van der Waals surface area contributed by atoms with Gasteiger partial charge in [-0.2, -0.15) is 0 Å². The van der Waals surface area contributed by atoms with Crippen LogP contribution in [0.25, 0.3) is 11.3 Å². The summed E-state index contributed by atoms with van der Waals surface area (Å²) in [6, 6.07) is 11.5. The fourth-order valence-electron chi connectivity index (χ4n) is 1.62. The van der Waals surface area contributed by atoms with E-state index in [1.54, 1.807) is 0 Å². The third-order valence-electron chi connectivity index (χ3n) is 2.45. The molecule has 0 fully saturated rings. The molecular weight excluding hydrogens is 238 g/mol. The lowest BCUT2D eigenvalue weighted by Crippen LogP contribution is -2.83. The van der Waals surface area contributed by atoms with Crippen LogP contribution in [-0.2, 0) is 6.54 Å². The van der Waals surface area contributed by atoms with E-state index in [4.69, 9.17) is 21.1 Å². The monoisotopic (exact) mass is 252 g/mol. The third-order valence-corrected chi connectivity index (χ3v) is 2.68. The van der Waals surface area contributed by atoms with Crippen molar-refractivity contribution >= 4 is 11.6 Å². The van der Waals surface area contributed by atoms with Crippen molar-refractivity contribution in [2.45, 2.75) is 6.54 Å². The molecule has 0 spiro atoms. The van der Waals surface area contributed by atoms with Crippen LogP contribution in [0.2, 0.25) is 5.02 Å². The van der Waals surface area contributed by atoms with Gasteiger partial charge in [-0.05, 0) is 24.3 Å². The van der Waals surface area contributed by atoms with Crippen molar-refractivity contribution < 1.29 is 14.8 Å². The predicted octanol–water partition coefficient (Wildman–Crippen LogP) is 1.66. The average Bonchev–Trinajstić information content (AvgIpc) is 2.78. The minimum absolute atomic E-state index is 0.182. The summed E-state index contributed by atoms with van der Waals surface area (Å²) in [7, 11) is 0. The second kappa shape index (κ2) is 5.87. The van der Waals surface area contributed by atoms with Crippen molar-refractivity contribution in [2.24, 2.45) is 0 Å². The Labute approximate surface area is 105 Å². The Morgan fingerprint density at radius 2 is 2.12 bits per heavy atom. The Morgan fingerprint density at radius 3 is 2.88 bits per heavy atom. The van der Waals surface area contributed by atoms with Crippen molar-refractivity contribution in [1.29, 1.82) is 0 Å². The molecule has 1 aromatic carbocycles. The van der Waals surface area contributed by atoms with Crippen LogP contribution in [0.1, 0.15) is 5.76 Å². The molecule has 1 heterocycles. The Bertz CT molecular complexity index is 482. The largest absolute Gasteiger partial charge is 0.455 e. The van der Waals surface area contributed by atoms with Crippen LogP contribution < -0.4 is 5.32 Å². The van der Waals surface area contributed by atoms with E-state index in [0.717, 1.165) is 23.6 Å². The van der Waals surface area contributed by atoms with Crippen LogP contribution in [0.5, 0.6) is 0 Å². The van der Waals surface area contributed by atoms with Crippen LogP contribution in [0.3, 0.4) is 0 Å². The number of hydrogen-bond acceptors (Lipinski definition) is 2. The molecule has 17 heavy (non-hydrogen) atoms. The molecule has 0 aliphatic carbocycles. The molecule has 0 radical (unpaired) electrons. The van der Waals surface area contributed by atoms with Crippen molar-refractivity contribution in [3.8, 4) is 11.3 Å². The van der Waals surface area contributed by atoms with E-state index in [-0.39, 0.29) is 6.61 Å². The summed E-state index contributed by atoms with van der Waals surface area (Å²) in [5.74, 6) is 1.72. The third kappa shape index (κ3) is 3.33. The fraction of sp³-hybridized carbons (Fsp3) is 0.231. The highest BCUT2D eigenvalue weighted by atomic mass is 35.5. The summed E-state index contributed by atoms with van der Waals surface area (Å²) in [6.45, 7) is 1.61. The Kier molecular flexibility index (Phi) is 4.20. The molecular formula is C13H15ClNO2+. The van der Waals surface area contributed by atoms with E-state index in [0.29, 0.717) is 11.6 Å². The van der Waals surface area contributed by atoms with Gasteiger partial charge in [-0.25, -0.2) is 0 Å². The number of hydrogen-bond donors (Lipinski definition) is 2. The van der Waals surface area contributed by atoms with Gasteiger partial charge in [-0.3, -0.25) is 0 Å². The molecule has 0 aliphatic rings. The molecule has 0 bridgehead atoms. The first-order chi connectivity index (χ1) is 8.29. The molecule has 0 aliphatic heterocycles. The second-order valence-corrected chi connectivity index (χ2v) is 4.22. The first-order valence-electron chi connectivity index (χ1n) is 5.57. The van der Waals surface area contributed by atoms with E-state index in [2.05, 4.69) is 0 Å². The lowest BCUT2D eigenvalue weighted by molar-refractivity contribution is -0.673. The van der Waals surface area contributed by atoms with Gasteiger partial charge in [0.1, 0.15) is 12.3 Å². The van der Waals surface area contributed by atoms with Crippen LogP contribution in [0.4, 0.5) is 0 Å². The number of aliphatic hydroxyl groups is 1. The normalized spacial score (nSPS) is 10.7. The summed E-state index contributed by atoms with van der Waals surface area (Å²) in [4.78, 5) is 0. The second-order valence-electron chi connectivity index (χ2n) is 3.78. The number of aliphatic hydroxyl groups excluding tert-OH is 1. The maximum absolute atomic E-state index is 8.68. The molecule has 2 aromatic rings. The van der Waals surface area contributed by atoms with Crippen molar-refractivity contribution in [3.63, 3.8) is 0 Å². The van der Waals surface area contributed by atoms with Gasteiger partial charge in [0.2, 0.25) is 0 Å². The van der Waals surface area contributed by atoms with Crippen molar-refractivity contribution in [3.05, 3.63) is 47.2 Å². The zero-order chi connectivity index (χ0) is 12.1. The quantitative estimate of drug-likeness (QED) is 0.795. The number of quaternary nitrogens is 1. The average molecular weight is 253 g/mol. The standard InChI is InChI=1S/C13H14ClNO2/c14-11-3-1-2-10(8-11)13-5-4-12(17-13)9-15-6-7-16/h1-5,8,15-16H,6-7,9H2/p+1. The summed E-state index contributed by atoms with van der Waals surface area (Å²) in [5, 5.41) is 11.4. The topological polar surface area (TPSA) is 50.0 Å². The maximum Gasteiger partial charge on any atom is 0.158 e. The first-order valence-corrected chi connectivity index (χ1v) is 5.94. The molecule has 0 amide bonds. The maximum atomic E-state index is 8.68. The SMILES string of the molecule is OCC[NH2+]Cc1ccc(-c2cccc(Cl)c2)o1. The highest BCUT2D eigenvalue weighted by Gasteiger charge is 2.06. The summed E-state index contributed by atoms with van der Waals surface area (Å²) in [5.41, 5.74) is 0.978. The van der Waals surface area contributed by atoms with E-state index in [9.17, 15) is 0 Å². The molecule has 3 nitrogen and oxygen atoms in total. The Hall–Kier alpha value is -1.29. The van der Waals surface area contributed by atoms with Gasteiger partial charge in [0.05, 0.1) is 13.2 Å². The number of furan rings is 1. The molecule has 0 saturated carbocycles. The first kappa shape index (κ1) is 12.2.